The van der Waals surface area contributed by atoms with Crippen molar-refractivity contribution in [3.8, 4) is 5.88 Å². The lowest BCUT2D eigenvalue weighted by Gasteiger charge is -2.36. The average molecular weight is 469 g/mol. The first-order valence-corrected chi connectivity index (χ1v) is 12.0. The number of nitrogens with zero attached hydrogens (tertiary/aromatic N) is 4. The van der Waals surface area contributed by atoms with Gasteiger partial charge in [0.2, 0.25) is 15.9 Å². The van der Waals surface area contributed by atoms with Crippen LogP contribution in [0.15, 0.2) is 41.6 Å². The zero-order valence-electron chi connectivity index (χ0n) is 17.2. The van der Waals surface area contributed by atoms with Crippen molar-refractivity contribution in [3.63, 3.8) is 0 Å². The smallest absolute Gasteiger partial charge is 0.416 e. The molecule has 172 valence electrons. The van der Waals surface area contributed by atoms with Crippen LogP contribution in [-0.4, -0.2) is 65.9 Å². The van der Waals surface area contributed by atoms with E-state index in [4.69, 9.17) is 4.74 Å². The quantitative estimate of drug-likeness (QED) is 0.672. The first-order valence-electron chi connectivity index (χ1n) is 10.6. The van der Waals surface area contributed by atoms with Gasteiger partial charge in [-0.15, -0.1) is 0 Å². The minimum absolute atomic E-state index is 0.0620. The van der Waals surface area contributed by atoms with Crippen LogP contribution in [0.1, 0.15) is 36.4 Å². The first kappa shape index (κ1) is 21.6. The lowest BCUT2D eigenvalue weighted by Crippen LogP contribution is -2.51. The molecule has 0 unspecified atom stereocenters. The van der Waals surface area contributed by atoms with Crippen LogP contribution in [0.4, 0.5) is 13.2 Å². The molecule has 3 fully saturated rings. The number of alkyl halides is 3. The van der Waals surface area contributed by atoms with E-state index in [0.29, 0.717) is 37.4 Å². The van der Waals surface area contributed by atoms with E-state index < -0.39 is 21.8 Å². The van der Waals surface area contributed by atoms with Gasteiger partial charge in [0.05, 0.1) is 28.5 Å². The topological polar surface area (TPSA) is 75.6 Å². The molecule has 11 heteroatoms. The highest BCUT2D eigenvalue weighted by Crippen LogP contribution is 2.39. The number of rotatable bonds is 5. The number of sulfonamides is 1. The number of halogens is 3. The van der Waals surface area contributed by atoms with Gasteiger partial charge >= 0.3 is 6.18 Å². The molecule has 0 spiro atoms. The van der Waals surface area contributed by atoms with Crippen LogP contribution in [0.2, 0.25) is 0 Å². The summed E-state index contributed by atoms with van der Waals surface area (Å²) in [5, 5.41) is 0. The molecule has 1 aliphatic carbocycles. The third kappa shape index (κ3) is 4.33. The summed E-state index contributed by atoms with van der Waals surface area (Å²) in [5.41, 5.74) is 0.0111. The van der Waals surface area contributed by atoms with E-state index in [2.05, 4.69) is 14.9 Å². The van der Waals surface area contributed by atoms with Crippen molar-refractivity contribution in [1.29, 1.82) is 0 Å². The summed E-state index contributed by atoms with van der Waals surface area (Å²) < 4.78 is 72.3. The minimum Gasteiger partial charge on any atom is -0.472 e. The molecule has 7 nitrogen and oxygen atoms in total. The molecule has 32 heavy (non-hydrogen) atoms. The number of fused-ring (bicyclic) bond motifs is 1. The average Bonchev–Trinajstić information content (AvgIpc) is 3.53. The maximum Gasteiger partial charge on any atom is 0.416 e. The van der Waals surface area contributed by atoms with Gasteiger partial charge in [-0.25, -0.2) is 13.4 Å². The highest BCUT2D eigenvalue weighted by molar-refractivity contribution is 7.89. The molecule has 5 rings (SSSR count). The summed E-state index contributed by atoms with van der Waals surface area (Å²) in [4.78, 5) is 10.6. The van der Waals surface area contributed by atoms with Gasteiger partial charge < -0.3 is 4.74 Å². The van der Waals surface area contributed by atoms with Gasteiger partial charge in [-0.3, -0.25) is 9.88 Å². The Hall–Kier alpha value is -2.24. The number of hydrogen-bond donors (Lipinski definition) is 0. The van der Waals surface area contributed by atoms with Gasteiger partial charge in [-0.05, 0) is 31.0 Å². The summed E-state index contributed by atoms with van der Waals surface area (Å²) in [6, 6.07) is 3.85. The van der Waals surface area contributed by atoms with Crippen LogP contribution >= 0.6 is 0 Å². The molecule has 2 aromatic rings. The van der Waals surface area contributed by atoms with Crippen molar-refractivity contribution in [2.75, 3.05) is 26.2 Å². The molecule has 1 aromatic heterocycles. The molecule has 1 aromatic carbocycles. The molecule has 0 amide bonds. The van der Waals surface area contributed by atoms with E-state index in [0.717, 1.165) is 30.7 Å². The molecule has 0 bridgehead atoms. The Morgan fingerprint density at radius 3 is 2.56 bits per heavy atom. The third-order valence-electron chi connectivity index (χ3n) is 6.27. The Morgan fingerprint density at radius 2 is 1.88 bits per heavy atom. The third-order valence-corrected chi connectivity index (χ3v) is 8.13. The fourth-order valence-corrected chi connectivity index (χ4v) is 5.92. The van der Waals surface area contributed by atoms with Gasteiger partial charge in [0.1, 0.15) is 6.10 Å². The van der Waals surface area contributed by atoms with Crippen molar-refractivity contribution >= 4 is 10.0 Å². The molecular formula is C21H23F3N4O3S. The van der Waals surface area contributed by atoms with E-state index in [-0.39, 0.29) is 30.1 Å². The standard InChI is InChI=1S/C21H23F3N4O3S/c22-21(23,24)15-2-1-3-18(8-15)32(29,30)28-7-6-27-13-17(9-16(27)12-28)31-20-11-25-19(10-26-20)14-4-5-14/h1-3,8,10-11,14,16-17H,4-7,9,12-13H2/t16-,17+/m1/s1. The van der Waals surface area contributed by atoms with Crippen LogP contribution in [-0.2, 0) is 16.2 Å². The lowest BCUT2D eigenvalue weighted by atomic mass is 10.2. The van der Waals surface area contributed by atoms with E-state index in [1.807, 2.05) is 0 Å². The predicted octanol–water partition coefficient (Wildman–Crippen LogP) is 2.90. The van der Waals surface area contributed by atoms with E-state index in [9.17, 15) is 21.6 Å². The summed E-state index contributed by atoms with van der Waals surface area (Å²) in [6.07, 6.45) is 1.55. The molecule has 2 atom stereocenters. The molecule has 3 heterocycles. The number of ether oxygens (including phenoxy) is 1. The van der Waals surface area contributed by atoms with E-state index >= 15 is 0 Å². The number of benzene rings is 1. The Labute approximate surface area is 184 Å². The fraction of sp³-hybridized carbons (Fsp3) is 0.524. The van der Waals surface area contributed by atoms with Crippen LogP contribution in [0.5, 0.6) is 5.88 Å². The summed E-state index contributed by atoms with van der Waals surface area (Å²) in [5.74, 6) is 0.967. The van der Waals surface area contributed by atoms with Gasteiger partial charge in [0.15, 0.2) is 0 Å². The lowest BCUT2D eigenvalue weighted by molar-refractivity contribution is -0.137. The summed E-state index contributed by atoms with van der Waals surface area (Å²) in [6.45, 7) is 1.58. The molecular weight excluding hydrogens is 445 g/mol. The largest absolute Gasteiger partial charge is 0.472 e. The molecule has 1 saturated carbocycles. The summed E-state index contributed by atoms with van der Waals surface area (Å²) >= 11 is 0. The SMILES string of the molecule is O=S(=O)(c1cccc(C(F)(F)F)c1)N1CCN2C[C@@H](Oc3cnc(C4CC4)cn3)C[C@@H]2C1. The van der Waals surface area contributed by atoms with E-state index in [1.54, 1.807) is 12.4 Å². The zero-order chi connectivity index (χ0) is 22.5. The zero-order valence-corrected chi connectivity index (χ0v) is 18.0. The van der Waals surface area contributed by atoms with Crippen molar-refractivity contribution in [3.05, 3.63) is 47.9 Å². The maximum absolute atomic E-state index is 13.0. The monoisotopic (exact) mass is 468 g/mol. The second-order valence-electron chi connectivity index (χ2n) is 8.57. The van der Waals surface area contributed by atoms with Crippen molar-refractivity contribution < 1.29 is 26.3 Å². The van der Waals surface area contributed by atoms with Crippen molar-refractivity contribution in [2.24, 2.45) is 0 Å². The van der Waals surface area contributed by atoms with Gasteiger partial charge in [-0.2, -0.15) is 17.5 Å². The van der Waals surface area contributed by atoms with Crippen molar-refractivity contribution in [2.45, 2.75) is 48.4 Å². The number of piperazine rings is 1. The number of aromatic nitrogens is 2. The van der Waals surface area contributed by atoms with Crippen LogP contribution in [0, 0.1) is 0 Å². The molecule has 0 radical (unpaired) electrons. The minimum atomic E-state index is -4.60. The van der Waals surface area contributed by atoms with Crippen LogP contribution < -0.4 is 4.74 Å². The number of hydrogen-bond acceptors (Lipinski definition) is 6. The van der Waals surface area contributed by atoms with Crippen LogP contribution in [0.25, 0.3) is 0 Å². The first-order chi connectivity index (χ1) is 15.2. The summed E-state index contributed by atoms with van der Waals surface area (Å²) in [7, 11) is -4.02. The Balaban J connectivity index is 1.24. The van der Waals surface area contributed by atoms with E-state index in [1.165, 1.54) is 10.4 Å². The fourth-order valence-electron chi connectivity index (χ4n) is 4.40. The van der Waals surface area contributed by atoms with Gasteiger partial charge in [0.25, 0.3) is 0 Å². The Kier molecular flexibility index (Phi) is 5.37. The van der Waals surface area contributed by atoms with Gasteiger partial charge in [-0.1, -0.05) is 6.07 Å². The predicted molar refractivity (Wildman–Crippen MR) is 109 cm³/mol. The normalized spacial score (nSPS) is 25.0. The second-order valence-corrected chi connectivity index (χ2v) is 10.5. The maximum atomic E-state index is 13.0. The Bertz CT molecular complexity index is 1090. The van der Waals surface area contributed by atoms with Gasteiger partial charge in [0, 0.05) is 44.6 Å². The van der Waals surface area contributed by atoms with Crippen molar-refractivity contribution in [1.82, 2.24) is 19.2 Å². The highest BCUT2D eigenvalue weighted by atomic mass is 32.2. The molecule has 2 aliphatic heterocycles. The Morgan fingerprint density at radius 1 is 1.06 bits per heavy atom. The molecule has 3 aliphatic rings. The molecule has 2 saturated heterocycles. The second kappa shape index (κ2) is 7.96. The van der Waals surface area contributed by atoms with Crippen LogP contribution in [0.3, 0.4) is 0 Å². The highest BCUT2D eigenvalue weighted by Gasteiger charge is 2.41. The molecule has 0 N–H and O–H groups in total.